The Balaban J connectivity index is 2.26. The molecule has 1 aromatic carbocycles. The van der Waals surface area contributed by atoms with Crippen LogP contribution in [-0.2, 0) is 6.42 Å². The molecule has 1 atom stereocenters. The van der Waals surface area contributed by atoms with Gasteiger partial charge in [0.2, 0.25) is 0 Å². The van der Waals surface area contributed by atoms with Crippen LogP contribution in [0.25, 0.3) is 0 Å². The van der Waals surface area contributed by atoms with Gasteiger partial charge in [0.25, 0.3) is 0 Å². The smallest absolute Gasteiger partial charge is 0.122 e. The van der Waals surface area contributed by atoms with Gasteiger partial charge < -0.3 is 10.5 Å². The van der Waals surface area contributed by atoms with Crippen molar-refractivity contribution in [3.63, 3.8) is 0 Å². The molecule has 0 radical (unpaired) electrons. The topological polar surface area (TPSA) is 48.1 Å². The number of methoxy groups -OCH3 is 1. The number of nitrogens with zero attached hydrogens (tertiary/aromatic N) is 1. The fourth-order valence-corrected chi connectivity index (χ4v) is 2.53. The maximum absolute atomic E-state index is 6.29. The minimum atomic E-state index is -0.0862. The molecule has 1 aromatic heterocycles. The van der Waals surface area contributed by atoms with E-state index in [4.69, 9.17) is 10.5 Å². The Hall–Kier alpha value is -1.39. The van der Waals surface area contributed by atoms with E-state index in [9.17, 15) is 0 Å². The Morgan fingerprint density at radius 2 is 2.16 bits per heavy atom. The molecule has 2 N–H and O–H groups in total. The molecule has 0 aliphatic carbocycles. The number of aryl methyl sites for hydroxylation is 1. The fourth-order valence-electron chi connectivity index (χ4n) is 2.12. The third kappa shape index (κ3) is 3.33. The van der Waals surface area contributed by atoms with E-state index >= 15 is 0 Å². The van der Waals surface area contributed by atoms with Crippen LogP contribution in [0.4, 0.5) is 0 Å². The summed E-state index contributed by atoms with van der Waals surface area (Å²) in [5.74, 6) is 0.861. The van der Waals surface area contributed by atoms with Crippen LogP contribution in [0.1, 0.15) is 22.7 Å². The zero-order valence-corrected chi connectivity index (χ0v) is 12.6. The second-order valence-corrected chi connectivity index (χ2v) is 5.41. The van der Waals surface area contributed by atoms with Crippen molar-refractivity contribution in [2.45, 2.75) is 19.4 Å². The number of rotatable bonds is 4. The van der Waals surface area contributed by atoms with E-state index in [-0.39, 0.29) is 6.04 Å². The first-order valence-electron chi connectivity index (χ1n) is 6.10. The molecule has 0 amide bonds. The monoisotopic (exact) mass is 320 g/mol. The lowest BCUT2D eigenvalue weighted by Gasteiger charge is -2.16. The van der Waals surface area contributed by atoms with Crippen LogP contribution in [0.5, 0.6) is 5.75 Å². The maximum atomic E-state index is 6.29. The van der Waals surface area contributed by atoms with Gasteiger partial charge in [-0.05, 0) is 54.3 Å². The van der Waals surface area contributed by atoms with Gasteiger partial charge in [0, 0.05) is 22.9 Å². The summed E-state index contributed by atoms with van der Waals surface area (Å²) in [5, 5.41) is 0. The lowest BCUT2D eigenvalue weighted by Crippen LogP contribution is -2.15. The highest BCUT2D eigenvalue weighted by molar-refractivity contribution is 9.10. The molecule has 0 aliphatic rings. The van der Waals surface area contributed by atoms with Crippen LogP contribution < -0.4 is 10.5 Å². The van der Waals surface area contributed by atoms with Gasteiger partial charge in [0.05, 0.1) is 7.11 Å². The van der Waals surface area contributed by atoms with Crippen LogP contribution >= 0.6 is 15.9 Å². The molecule has 19 heavy (non-hydrogen) atoms. The first-order chi connectivity index (χ1) is 9.11. The van der Waals surface area contributed by atoms with Gasteiger partial charge >= 0.3 is 0 Å². The zero-order valence-electron chi connectivity index (χ0n) is 11.1. The first-order valence-corrected chi connectivity index (χ1v) is 6.89. The summed E-state index contributed by atoms with van der Waals surface area (Å²) in [4.78, 5) is 4.15. The molecule has 0 fully saturated rings. The molecule has 4 heteroatoms. The normalized spacial score (nSPS) is 12.2. The Morgan fingerprint density at radius 1 is 1.37 bits per heavy atom. The zero-order chi connectivity index (χ0) is 13.8. The van der Waals surface area contributed by atoms with Crippen molar-refractivity contribution >= 4 is 15.9 Å². The average Bonchev–Trinajstić information content (AvgIpc) is 2.39. The number of aromatic nitrogens is 1. The highest BCUT2D eigenvalue weighted by atomic mass is 79.9. The fraction of sp³-hybridized carbons (Fsp3) is 0.267. The summed E-state index contributed by atoms with van der Waals surface area (Å²) in [7, 11) is 1.67. The molecular weight excluding hydrogens is 304 g/mol. The summed E-state index contributed by atoms with van der Waals surface area (Å²) >= 11 is 3.48. The third-order valence-corrected chi connectivity index (χ3v) is 3.65. The Morgan fingerprint density at radius 3 is 2.84 bits per heavy atom. The number of benzene rings is 1. The second kappa shape index (κ2) is 6.17. The first kappa shape index (κ1) is 14.0. The molecule has 0 bridgehead atoms. The lowest BCUT2D eigenvalue weighted by molar-refractivity contribution is 0.408. The van der Waals surface area contributed by atoms with Crippen LogP contribution in [-0.4, -0.2) is 12.1 Å². The number of halogens is 1. The van der Waals surface area contributed by atoms with Gasteiger partial charge in [0.1, 0.15) is 5.75 Å². The van der Waals surface area contributed by atoms with E-state index < -0.39 is 0 Å². The maximum Gasteiger partial charge on any atom is 0.122 e. The Labute approximate surface area is 121 Å². The van der Waals surface area contributed by atoms with Crippen molar-refractivity contribution in [2.75, 3.05) is 7.11 Å². The molecule has 0 saturated carbocycles. The summed E-state index contributed by atoms with van der Waals surface area (Å²) < 4.78 is 6.40. The third-order valence-electron chi connectivity index (χ3n) is 3.16. The van der Waals surface area contributed by atoms with Crippen molar-refractivity contribution in [1.29, 1.82) is 0 Å². The quantitative estimate of drug-likeness (QED) is 0.939. The number of pyridine rings is 1. The molecule has 0 aliphatic heterocycles. The van der Waals surface area contributed by atoms with Gasteiger partial charge in [0.15, 0.2) is 0 Å². The van der Waals surface area contributed by atoms with Crippen LogP contribution in [0.2, 0.25) is 0 Å². The van der Waals surface area contributed by atoms with Gasteiger partial charge in [-0.25, -0.2) is 0 Å². The van der Waals surface area contributed by atoms with Crippen molar-refractivity contribution in [3.05, 3.63) is 57.8 Å². The van der Waals surface area contributed by atoms with Crippen LogP contribution in [0, 0.1) is 6.92 Å². The van der Waals surface area contributed by atoms with Gasteiger partial charge in [-0.15, -0.1) is 0 Å². The summed E-state index contributed by atoms with van der Waals surface area (Å²) in [6.07, 6.45) is 4.34. The summed E-state index contributed by atoms with van der Waals surface area (Å²) in [6.45, 7) is 2.05. The van der Waals surface area contributed by atoms with E-state index in [2.05, 4.69) is 27.8 Å². The second-order valence-electron chi connectivity index (χ2n) is 4.50. The van der Waals surface area contributed by atoms with Crippen molar-refractivity contribution in [1.82, 2.24) is 4.98 Å². The lowest BCUT2D eigenvalue weighted by atomic mass is 9.97. The molecule has 3 nitrogen and oxygen atoms in total. The predicted octanol–water partition coefficient (Wildman–Crippen LogP) is 3.40. The molecule has 1 unspecified atom stereocenters. The number of hydrogen-bond acceptors (Lipinski definition) is 3. The minimum absolute atomic E-state index is 0.0862. The van der Waals surface area contributed by atoms with Crippen molar-refractivity contribution in [3.8, 4) is 5.75 Å². The summed E-state index contributed by atoms with van der Waals surface area (Å²) in [6, 6.07) is 7.85. The predicted molar refractivity (Wildman–Crippen MR) is 80.3 cm³/mol. The Kier molecular flexibility index (Phi) is 4.56. The van der Waals surface area contributed by atoms with E-state index in [0.29, 0.717) is 0 Å². The van der Waals surface area contributed by atoms with Crippen molar-refractivity contribution < 1.29 is 4.74 Å². The van der Waals surface area contributed by atoms with E-state index in [1.54, 1.807) is 13.3 Å². The Bertz CT molecular complexity index is 572. The number of ether oxygens (including phenoxy) is 1. The molecule has 1 heterocycles. The van der Waals surface area contributed by atoms with Crippen LogP contribution in [0.3, 0.4) is 0 Å². The van der Waals surface area contributed by atoms with Gasteiger partial charge in [-0.2, -0.15) is 0 Å². The molecule has 0 spiro atoms. The van der Waals surface area contributed by atoms with Gasteiger partial charge in [-0.1, -0.05) is 15.9 Å². The SMILES string of the molecule is COc1ccc(Br)cc1CC(N)c1cnccc1C. The molecule has 0 saturated heterocycles. The average molecular weight is 321 g/mol. The molecule has 2 aromatic rings. The number of nitrogens with two attached hydrogens (primary N) is 1. The van der Waals surface area contributed by atoms with Crippen LogP contribution in [0.15, 0.2) is 41.1 Å². The summed E-state index contributed by atoms with van der Waals surface area (Å²) in [5.41, 5.74) is 9.62. The van der Waals surface area contributed by atoms with E-state index in [0.717, 1.165) is 33.3 Å². The highest BCUT2D eigenvalue weighted by Gasteiger charge is 2.13. The van der Waals surface area contributed by atoms with E-state index in [1.165, 1.54) is 0 Å². The largest absolute Gasteiger partial charge is 0.496 e. The number of hydrogen-bond donors (Lipinski definition) is 1. The standard InChI is InChI=1S/C15H17BrN2O/c1-10-5-6-18-9-13(10)14(17)8-11-7-12(16)3-4-15(11)19-2/h3-7,9,14H,8,17H2,1-2H3. The molecule has 2 rings (SSSR count). The van der Waals surface area contributed by atoms with E-state index in [1.807, 2.05) is 30.5 Å². The molecule has 100 valence electrons. The minimum Gasteiger partial charge on any atom is -0.496 e. The molecular formula is C15H17BrN2O. The highest BCUT2D eigenvalue weighted by Crippen LogP contribution is 2.27. The van der Waals surface area contributed by atoms with Crippen molar-refractivity contribution in [2.24, 2.45) is 5.73 Å². The van der Waals surface area contributed by atoms with Gasteiger partial charge in [-0.3, -0.25) is 4.98 Å².